The van der Waals surface area contributed by atoms with Crippen molar-refractivity contribution in [3.8, 4) is 17.6 Å². The largest absolute Gasteiger partial charge is 0.493 e. The predicted octanol–water partition coefficient (Wildman–Crippen LogP) is 0.285. The van der Waals surface area contributed by atoms with Gasteiger partial charge in [0.25, 0.3) is 0 Å². The van der Waals surface area contributed by atoms with Gasteiger partial charge in [-0.05, 0) is 12.8 Å². The first kappa shape index (κ1) is 21.0. The van der Waals surface area contributed by atoms with Crippen LogP contribution in [0.2, 0.25) is 0 Å². The van der Waals surface area contributed by atoms with Crippen LogP contribution in [-0.2, 0) is 0 Å². The molecule has 0 spiro atoms. The third kappa shape index (κ3) is 5.82. The molecule has 3 N–H and O–H groups in total. The maximum absolute atomic E-state index is 10.3. The van der Waals surface area contributed by atoms with Gasteiger partial charge in [-0.1, -0.05) is 0 Å². The summed E-state index contributed by atoms with van der Waals surface area (Å²) in [6.07, 6.45) is 2.29. The van der Waals surface area contributed by atoms with Gasteiger partial charge in [0, 0.05) is 31.8 Å². The Bertz CT molecular complexity index is 694. The SMILES string of the molecule is CNC=[N+](C)c1cc(OC[C@@H](O)CN2CCC(O)CC2)c(OC)cc1C#N. The molecule has 0 aliphatic carbocycles. The number of nitriles is 1. The Hall–Kier alpha value is -2.34. The number of nitrogens with one attached hydrogen (secondary N) is 1. The summed E-state index contributed by atoms with van der Waals surface area (Å²) >= 11 is 0. The molecule has 0 unspecified atom stereocenters. The number of rotatable bonds is 8. The third-order valence-electron chi connectivity index (χ3n) is 4.56. The molecule has 27 heavy (non-hydrogen) atoms. The molecule has 0 aromatic heterocycles. The van der Waals surface area contributed by atoms with Crippen LogP contribution in [0.15, 0.2) is 12.1 Å². The molecule has 8 heteroatoms. The maximum Gasteiger partial charge on any atom is 0.236 e. The van der Waals surface area contributed by atoms with E-state index < -0.39 is 6.10 Å². The van der Waals surface area contributed by atoms with E-state index in [9.17, 15) is 15.5 Å². The van der Waals surface area contributed by atoms with Gasteiger partial charge in [0.1, 0.15) is 30.0 Å². The minimum Gasteiger partial charge on any atom is -0.493 e. The normalized spacial score (nSPS) is 17.3. The van der Waals surface area contributed by atoms with Crippen LogP contribution in [0.5, 0.6) is 11.5 Å². The molecule has 0 saturated carbocycles. The second kappa shape index (κ2) is 10.1. The summed E-state index contributed by atoms with van der Waals surface area (Å²) in [6, 6.07) is 5.52. The lowest BCUT2D eigenvalue weighted by molar-refractivity contribution is -0.401. The Balaban J connectivity index is 2.07. The maximum atomic E-state index is 10.3. The summed E-state index contributed by atoms with van der Waals surface area (Å²) in [5, 5.41) is 32.2. The minimum absolute atomic E-state index is 0.111. The number of hydrogen-bond donors (Lipinski definition) is 3. The van der Waals surface area contributed by atoms with Crippen molar-refractivity contribution in [3.63, 3.8) is 0 Å². The van der Waals surface area contributed by atoms with E-state index in [0.717, 1.165) is 25.9 Å². The van der Waals surface area contributed by atoms with Crippen molar-refractivity contribution >= 4 is 12.0 Å². The van der Waals surface area contributed by atoms with Gasteiger partial charge in [0.15, 0.2) is 11.5 Å². The van der Waals surface area contributed by atoms with Crippen molar-refractivity contribution in [1.29, 1.82) is 5.26 Å². The fourth-order valence-electron chi connectivity index (χ4n) is 3.10. The topological polar surface area (TPSA) is 101 Å². The second-order valence-corrected chi connectivity index (χ2v) is 6.66. The van der Waals surface area contributed by atoms with Crippen LogP contribution < -0.4 is 14.8 Å². The van der Waals surface area contributed by atoms with Gasteiger partial charge >= 0.3 is 0 Å². The number of nitrogens with zero attached hydrogens (tertiary/aromatic N) is 3. The Morgan fingerprint density at radius 2 is 2.11 bits per heavy atom. The molecule has 1 saturated heterocycles. The number of β-amino-alcohol motifs (C(OH)–C–C–N with tert-alkyl or cyclic N) is 1. The molecule has 0 amide bonds. The molecular formula is C19H29N4O4+. The van der Waals surface area contributed by atoms with E-state index in [1.54, 1.807) is 30.1 Å². The standard InChI is InChI=1S/C19H28N4O4/c1-21-13-22(2)17-9-19(18(26-3)8-14(17)10-20)27-12-16(25)11-23-6-4-15(24)5-7-23/h8-9,13,15-16,24-25H,4-7,11-12H2,1-3H3/p+1/t16-/m0/s1. The lowest BCUT2D eigenvalue weighted by Gasteiger charge is -2.30. The third-order valence-corrected chi connectivity index (χ3v) is 4.56. The van der Waals surface area contributed by atoms with Crippen LogP contribution in [0.4, 0.5) is 5.69 Å². The fourth-order valence-corrected chi connectivity index (χ4v) is 3.10. The predicted molar refractivity (Wildman–Crippen MR) is 102 cm³/mol. The highest BCUT2D eigenvalue weighted by molar-refractivity contribution is 5.61. The van der Waals surface area contributed by atoms with Crippen LogP contribution >= 0.6 is 0 Å². The minimum atomic E-state index is -0.661. The van der Waals surface area contributed by atoms with E-state index >= 15 is 0 Å². The van der Waals surface area contributed by atoms with Crippen LogP contribution in [0.25, 0.3) is 0 Å². The second-order valence-electron chi connectivity index (χ2n) is 6.66. The molecule has 1 heterocycles. The van der Waals surface area contributed by atoms with E-state index in [2.05, 4.69) is 16.3 Å². The first-order valence-corrected chi connectivity index (χ1v) is 9.05. The molecule has 8 nitrogen and oxygen atoms in total. The van der Waals surface area contributed by atoms with E-state index in [0.29, 0.717) is 29.3 Å². The lowest BCUT2D eigenvalue weighted by atomic mass is 10.1. The summed E-state index contributed by atoms with van der Waals surface area (Å²) in [4.78, 5) is 2.12. The molecule has 1 aromatic rings. The Morgan fingerprint density at radius 3 is 2.70 bits per heavy atom. The van der Waals surface area contributed by atoms with Crippen molar-refractivity contribution < 1.29 is 24.3 Å². The first-order chi connectivity index (χ1) is 13.0. The quantitative estimate of drug-likeness (QED) is 0.340. The summed E-state index contributed by atoms with van der Waals surface area (Å²) in [5.41, 5.74) is 1.13. The zero-order valence-corrected chi connectivity index (χ0v) is 16.2. The Morgan fingerprint density at radius 1 is 1.41 bits per heavy atom. The number of aliphatic hydroxyl groups excluding tert-OH is 2. The van der Waals surface area contributed by atoms with Gasteiger partial charge in [0.05, 0.1) is 27.3 Å². The zero-order valence-electron chi connectivity index (χ0n) is 16.2. The van der Waals surface area contributed by atoms with Gasteiger partial charge < -0.3 is 24.6 Å². The molecule has 0 radical (unpaired) electrons. The van der Waals surface area contributed by atoms with Crippen LogP contribution in [-0.4, -0.2) is 85.7 Å². The van der Waals surface area contributed by atoms with Crippen molar-refractivity contribution in [3.05, 3.63) is 17.7 Å². The van der Waals surface area contributed by atoms with Crippen molar-refractivity contribution in [1.82, 2.24) is 10.2 Å². The molecular weight excluding hydrogens is 348 g/mol. The van der Waals surface area contributed by atoms with Crippen molar-refractivity contribution in [2.75, 3.05) is 47.4 Å². The molecule has 1 aliphatic rings. The number of methoxy groups -OCH3 is 1. The smallest absolute Gasteiger partial charge is 0.236 e. The monoisotopic (exact) mass is 377 g/mol. The summed E-state index contributed by atoms with van der Waals surface area (Å²) in [5.74, 6) is 0.914. The highest BCUT2D eigenvalue weighted by Gasteiger charge is 2.21. The molecule has 0 bridgehead atoms. The van der Waals surface area contributed by atoms with Gasteiger partial charge in [-0.25, -0.2) is 4.58 Å². The number of hydrogen-bond acceptors (Lipinski definition) is 6. The lowest BCUT2D eigenvalue weighted by Crippen LogP contribution is -2.41. The molecule has 148 valence electrons. The molecule has 1 fully saturated rings. The molecule has 1 aromatic carbocycles. The molecule has 1 atom stereocenters. The van der Waals surface area contributed by atoms with E-state index in [1.165, 1.54) is 7.11 Å². The fraction of sp³-hybridized carbons (Fsp3) is 0.579. The summed E-state index contributed by atoms with van der Waals surface area (Å²) in [7, 11) is 5.11. The van der Waals surface area contributed by atoms with Crippen LogP contribution in [0.3, 0.4) is 0 Å². The highest BCUT2D eigenvalue weighted by Crippen LogP contribution is 2.34. The van der Waals surface area contributed by atoms with Crippen molar-refractivity contribution in [2.24, 2.45) is 0 Å². The number of ether oxygens (including phenoxy) is 2. The Labute approximate surface area is 160 Å². The number of aliphatic hydroxyl groups is 2. The van der Waals surface area contributed by atoms with Gasteiger partial charge in [-0.3, -0.25) is 5.32 Å². The van der Waals surface area contributed by atoms with Crippen LogP contribution in [0, 0.1) is 11.3 Å². The Kier molecular flexibility index (Phi) is 7.85. The summed E-state index contributed by atoms with van der Waals surface area (Å²) in [6.45, 7) is 2.15. The van der Waals surface area contributed by atoms with E-state index in [1.807, 2.05) is 7.05 Å². The number of likely N-dealkylation sites (tertiary alicyclic amines) is 1. The van der Waals surface area contributed by atoms with Crippen molar-refractivity contribution in [2.45, 2.75) is 25.0 Å². The van der Waals surface area contributed by atoms with Gasteiger partial charge in [0.2, 0.25) is 6.34 Å². The zero-order chi connectivity index (χ0) is 19.8. The van der Waals surface area contributed by atoms with Gasteiger partial charge in [-0.15, -0.1) is 0 Å². The van der Waals surface area contributed by atoms with Crippen LogP contribution in [0.1, 0.15) is 18.4 Å². The average molecular weight is 377 g/mol. The highest BCUT2D eigenvalue weighted by atomic mass is 16.5. The average Bonchev–Trinajstić information content (AvgIpc) is 2.67. The molecule has 2 rings (SSSR count). The molecule has 1 aliphatic heterocycles. The summed E-state index contributed by atoms with van der Waals surface area (Å²) < 4.78 is 12.9. The number of benzene rings is 1. The first-order valence-electron chi connectivity index (χ1n) is 9.05. The number of piperidine rings is 1. The van der Waals surface area contributed by atoms with Gasteiger partial charge in [-0.2, -0.15) is 5.26 Å². The van der Waals surface area contributed by atoms with E-state index in [4.69, 9.17) is 9.47 Å². The van der Waals surface area contributed by atoms with E-state index in [-0.39, 0.29) is 12.7 Å².